The lowest BCUT2D eigenvalue weighted by Crippen LogP contribution is -2.32. The van der Waals surface area contributed by atoms with Crippen LogP contribution in [0, 0.1) is 19.7 Å². The molecule has 29 heavy (non-hydrogen) atoms. The number of hydrazone groups is 1. The lowest BCUT2D eigenvalue weighted by molar-refractivity contribution is -0.114. The van der Waals surface area contributed by atoms with Gasteiger partial charge in [0.05, 0.1) is 24.1 Å². The molecule has 0 unspecified atom stereocenters. The molecule has 0 aliphatic carbocycles. The molecule has 3 aromatic rings. The number of aliphatic imine (C=N–C) groups is 1. The average molecular weight is 411 g/mol. The van der Waals surface area contributed by atoms with Gasteiger partial charge in [-0.3, -0.25) is 14.8 Å². The highest BCUT2D eigenvalue weighted by atomic mass is 32.1. The highest BCUT2D eigenvalue weighted by molar-refractivity contribution is 7.14. The molecule has 148 valence electrons. The van der Waals surface area contributed by atoms with Gasteiger partial charge in [-0.05, 0) is 38.1 Å². The van der Waals surface area contributed by atoms with E-state index in [4.69, 9.17) is 5.84 Å². The second-order valence-electron chi connectivity index (χ2n) is 5.99. The number of nitrogens with one attached hydrogen (secondary N) is 1. The molecule has 0 spiro atoms. The quantitative estimate of drug-likeness (QED) is 0.367. The Labute approximate surface area is 170 Å². The van der Waals surface area contributed by atoms with Crippen molar-refractivity contribution < 1.29 is 9.18 Å². The van der Waals surface area contributed by atoms with E-state index in [-0.39, 0.29) is 18.1 Å². The molecule has 0 fully saturated rings. The molecule has 0 atom stereocenters. The zero-order valence-corrected chi connectivity index (χ0v) is 16.6. The third-order valence-electron chi connectivity index (χ3n) is 3.87. The summed E-state index contributed by atoms with van der Waals surface area (Å²) in [6.45, 7) is 3.80. The number of halogens is 1. The normalized spacial score (nSPS) is 11.8. The van der Waals surface area contributed by atoms with Crippen LogP contribution in [0.1, 0.15) is 16.4 Å². The summed E-state index contributed by atoms with van der Waals surface area (Å²) in [5.41, 5.74) is 2.53. The Balaban J connectivity index is 1.64. The Morgan fingerprint density at radius 1 is 1.24 bits per heavy atom. The van der Waals surface area contributed by atoms with Crippen molar-refractivity contribution in [2.45, 2.75) is 20.4 Å². The van der Waals surface area contributed by atoms with E-state index in [2.05, 4.69) is 30.6 Å². The number of amides is 1. The van der Waals surface area contributed by atoms with Gasteiger partial charge in [-0.1, -0.05) is 23.5 Å². The lowest BCUT2D eigenvalue weighted by atomic mass is 10.2. The summed E-state index contributed by atoms with van der Waals surface area (Å²) >= 11 is 1.18. The van der Waals surface area contributed by atoms with Gasteiger partial charge in [0.15, 0.2) is 10.7 Å². The highest BCUT2D eigenvalue weighted by Gasteiger charge is 2.13. The molecule has 0 aliphatic rings. The van der Waals surface area contributed by atoms with E-state index in [0.717, 1.165) is 11.4 Å². The molecule has 10 heteroatoms. The highest BCUT2D eigenvalue weighted by Crippen LogP contribution is 2.25. The van der Waals surface area contributed by atoms with E-state index in [1.807, 2.05) is 19.9 Å². The number of carbonyl (C=O) groups excluding carboxylic acids is 1. The first-order chi connectivity index (χ1) is 14.0. The monoisotopic (exact) mass is 411 g/mol. The van der Waals surface area contributed by atoms with Crippen LogP contribution in [0.3, 0.4) is 0 Å². The molecule has 0 saturated heterocycles. The predicted molar refractivity (Wildman–Crippen MR) is 111 cm³/mol. The van der Waals surface area contributed by atoms with E-state index in [9.17, 15) is 9.18 Å². The van der Waals surface area contributed by atoms with Crippen LogP contribution in [0.4, 0.5) is 10.1 Å². The standard InChI is InChI=1S/C19H18FN7OS/c1-11-7-8-15(12(2)24-11)22-9-16(25-21)18(28)23-10-17-26-27-19(29-17)13-5-3-4-6-14(13)20/h3-9H,10,21H2,1-2H3,(H,23,28)/b22-9?,25-16+. The summed E-state index contributed by atoms with van der Waals surface area (Å²) in [6.07, 6.45) is 1.28. The number of hydrogen-bond donors (Lipinski definition) is 2. The summed E-state index contributed by atoms with van der Waals surface area (Å²) in [6, 6.07) is 9.91. The van der Waals surface area contributed by atoms with Gasteiger partial charge >= 0.3 is 0 Å². The largest absolute Gasteiger partial charge is 0.344 e. The molecule has 0 saturated carbocycles. The number of benzene rings is 1. The van der Waals surface area contributed by atoms with Crippen LogP contribution in [-0.4, -0.2) is 33.0 Å². The molecule has 3 rings (SSSR count). The minimum atomic E-state index is -0.517. The molecule has 0 aliphatic heterocycles. The van der Waals surface area contributed by atoms with Crippen LogP contribution in [0.15, 0.2) is 46.5 Å². The average Bonchev–Trinajstić information content (AvgIpc) is 3.17. The van der Waals surface area contributed by atoms with Gasteiger partial charge in [0.2, 0.25) is 0 Å². The van der Waals surface area contributed by atoms with Crippen LogP contribution in [-0.2, 0) is 11.3 Å². The SMILES string of the molecule is Cc1ccc(N=C/C(=N\N)C(=O)NCc2nnc(-c3ccccc3F)s2)c(C)n1. The third-order valence-corrected chi connectivity index (χ3v) is 4.82. The molecule has 3 N–H and O–H groups in total. The van der Waals surface area contributed by atoms with Crippen molar-refractivity contribution in [3.63, 3.8) is 0 Å². The van der Waals surface area contributed by atoms with E-state index < -0.39 is 5.91 Å². The molecular weight excluding hydrogens is 393 g/mol. The van der Waals surface area contributed by atoms with Crippen molar-refractivity contribution in [3.8, 4) is 10.6 Å². The predicted octanol–water partition coefficient (Wildman–Crippen LogP) is 2.69. The first kappa shape index (κ1) is 20.2. The van der Waals surface area contributed by atoms with E-state index in [1.54, 1.807) is 24.3 Å². The topological polar surface area (TPSA) is 119 Å². The molecule has 2 aromatic heterocycles. The molecule has 1 amide bonds. The number of nitrogens with zero attached hydrogens (tertiary/aromatic N) is 5. The van der Waals surface area contributed by atoms with Crippen LogP contribution >= 0.6 is 11.3 Å². The van der Waals surface area contributed by atoms with Crippen LogP contribution in [0.25, 0.3) is 10.6 Å². The van der Waals surface area contributed by atoms with Gasteiger partial charge in [0.1, 0.15) is 10.8 Å². The minimum absolute atomic E-state index is 0.0520. The van der Waals surface area contributed by atoms with Gasteiger partial charge in [0, 0.05) is 11.3 Å². The van der Waals surface area contributed by atoms with E-state index in [0.29, 0.717) is 21.3 Å². The van der Waals surface area contributed by atoms with Crippen LogP contribution in [0.5, 0.6) is 0 Å². The van der Waals surface area contributed by atoms with Gasteiger partial charge in [-0.2, -0.15) is 5.10 Å². The first-order valence-electron chi connectivity index (χ1n) is 8.59. The summed E-state index contributed by atoms with van der Waals surface area (Å²) < 4.78 is 13.8. The molecular formula is C19H18FN7OS. The fourth-order valence-electron chi connectivity index (χ4n) is 2.41. The number of hydrogen-bond acceptors (Lipinski definition) is 8. The second kappa shape index (κ2) is 9.11. The Hall–Kier alpha value is -3.53. The fraction of sp³-hybridized carbons (Fsp3) is 0.158. The second-order valence-corrected chi connectivity index (χ2v) is 7.06. The summed E-state index contributed by atoms with van der Waals surface area (Å²) in [4.78, 5) is 20.8. The zero-order chi connectivity index (χ0) is 20.8. The minimum Gasteiger partial charge on any atom is -0.344 e. The summed E-state index contributed by atoms with van der Waals surface area (Å²) in [5, 5.41) is 15.0. The molecule has 8 nitrogen and oxygen atoms in total. The van der Waals surface area contributed by atoms with Crippen LogP contribution < -0.4 is 11.2 Å². The van der Waals surface area contributed by atoms with E-state index in [1.165, 1.54) is 23.6 Å². The Kier molecular flexibility index (Phi) is 6.35. The van der Waals surface area contributed by atoms with Gasteiger partial charge in [-0.25, -0.2) is 4.39 Å². The van der Waals surface area contributed by atoms with Gasteiger partial charge in [0.25, 0.3) is 5.91 Å². The Morgan fingerprint density at radius 2 is 2.03 bits per heavy atom. The number of carbonyl (C=O) groups is 1. The van der Waals surface area contributed by atoms with Crippen molar-refractivity contribution >= 4 is 34.9 Å². The molecule has 1 aromatic carbocycles. The molecule has 0 bridgehead atoms. The Bertz CT molecular complexity index is 1090. The first-order valence-corrected chi connectivity index (χ1v) is 9.41. The number of pyridine rings is 1. The van der Waals surface area contributed by atoms with Crippen LogP contribution in [0.2, 0.25) is 0 Å². The van der Waals surface area contributed by atoms with Crippen molar-refractivity contribution in [2.75, 3.05) is 0 Å². The van der Waals surface area contributed by atoms with Crippen molar-refractivity contribution in [3.05, 3.63) is 58.6 Å². The third kappa shape index (κ3) is 5.05. The molecule has 0 radical (unpaired) electrons. The lowest BCUT2D eigenvalue weighted by Gasteiger charge is -2.03. The Morgan fingerprint density at radius 3 is 2.76 bits per heavy atom. The summed E-state index contributed by atoms with van der Waals surface area (Å²) in [5.74, 6) is 4.42. The number of aromatic nitrogens is 3. The smallest absolute Gasteiger partial charge is 0.273 e. The van der Waals surface area contributed by atoms with Gasteiger partial charge in [-0.15, -0.1) is 10.2 Å². The number of nitrogens with two attached hydrogens (primary N) is 1. The van der Waals surface area contributed by atoms with Crippen molar-refractivity contribution in [2.24, 2.45) is 15.9 Å². The number of aryl methyl sites for hydroxylation is 2. The molecule has 2 heterocycles. The number of rotatable bonds is 6. The maximum absolute atomic E-state index is 13.8. The van der Waals surface area contributed by atoms with E-state index >= 15 is 0 Å². The summed E-state index contributed by atoms with van der Waals surface area (Å²) in [7, 11) is 0. The maximum Gasteiger partial charge on any atom is 0.273 e. The fourth-order valence-corrected chi connectivity index (χ4v) is 3.22. The zero-order valence-electron chi connectivity index (χ0n) is 15.8. The van der Waals surface area contributed by atoms with Gasteiger partial charge < -0.3 is 11.2 Å². The van der Waals surface area contributed by atoms with Crippen molar-refractivity contribution in [1.82, 2.24) is 20.5 Å². The van der Waals surface area contributed by atoms with Crippen molar-refractivity contribution in [1.29, 1.82) is 0 Å². The maximum atomic E-state index is 13.8.